The predicted molar refractivity (Wildman–Crippen MR) is 44.7 cm³/mol. The van der Waals surface area contributed by atoms with Gasteiger partial charge in [-0.05, 0) is 25.7 Å². The number of hydrogen-bond donors (Lipinski definition) is 0. The van der Waals surface area contributed by atoms with Crippen molar-refractivity contribution in [3.63, 3.8) is 0 Å². The van der Waals surface area contributed by atoms with Crippen LogP contribution in [0.2, 0.25) is 6.32 Å². The van der Waals surface area contributed by atoms with E-state index in [1.54, 1.807) is 0 Å². The van der Waals surface area contributed by atoms with Crippen LogP contribution in [0, 0.1) is 0 Å². The lowest BCUT2D eigenvalue weighted by Gasteiger charge is -2.22. The molecule has 0 aliphatic carbocycles. The summed E-state index contributed by atoms with van der Waals surface area (Å²) in [7, 11) is 5.32. The van der Waals surface area contributed by atoms with Crippen LogP contribution in [0.5, 0.6) is 0 Å². The monoisotopic (exact) mass is 154 g/mol. The Morgan fingerprint density at radius 2 is 2.36 bits per heavy atom. The predicted octanol–water partition coefficient (Wildman–Crippen LogP) is 1.51. The zero-order valence-electron chi connectivity index (χ0n) is 6.92. The molecule has 1 rings (SSSR count). The van der Waals surface area contributed by atoms with Gasteiger partial charge in [-0.25, -0.2) is 0 Å². The molecule has 1 saturated heterocycles. The maximum atomic E-state index is 5.42. The molecule has 0 spiro atoms. The van der Waals surface area contributed by atoms with Crippen LogP contribution in [0.3, 0.4) is 0 Å². The lowest BCUT2D eigenvalue weighted by Crippen LogP contribution is -2.22. The summed E-state index contributed by atoms with van der Waals surface area (Å²) in [4.78, 5) is 0. The third-order valence-corrected chi connectivity index (χ3v) is 1.79. The second kappa shape index (κ2) is 5.61. The van der Waals surface area contributed by atoms with Crippen LogP contribution < -0.4 is 0 Å². The molecule has 62 valence electrons. The van der Waals surface area contributed by atoms with Crippen LogP contribution in [0.15, 0.2) is 0 Å². The van der Waals surface area contributed by atoms with E-state index in [2.05, 4.69) is 0 Å². The highest BCUT2D eigenvalue weighted by Crippen LogP contribution is 2.13. The minimum Gasteiger partial charge on any atom is -0.353 e. The lowest BCUT2D eigenvalue weighted by atomic mass is 10.0. The molecule has 0 saturated carbocycles. The number of rotatable bonds is 4. The summed E-state index contributed by atoms with van der Waals surface area (Å²) in [5.74, 6) is 0. The third-order valence-electron chi connectivity index (χ3n) is 1.79. The van der Waals surface area contributed by atoms with Gasteiger partial charge >= 0.3 is 0 Å². The Morgan fingerprint density at radius 1 is 1.45 bits per heavy atom. The van der Waals surface area contributed by atoms with Crippen molar-refractivity contribution in [3.05, 3.63) is 0 Å². The van der Waals surface area contributed by atoms with Gasteiger partial charge in [0.2, 0.25) is 0 Å². The molecule has 3 heteroatoms. The Balaban J connectivity index is 1.96. The van der Waals surface area contributed by atoms with E-state index in [9.17, 15) is 0 Å². The Bertz CT molecular complexity index is 92.1. The molecule has 1 aliphatic rings. The first-order chi connectivity index (χ1) is 5.43. The van der Waals surface area contributed by atoms with E-state index in [4.69, 9.17) is 17.3 Å². The summed E-state index contributed by atoms with van der Waals surface area (Å²) in [6, 6.07) is 0. The van der Waals surface area contributed by atoms with E-state index >= 15 is 0 Å². The highest BCUT2D eigenvalue weighted by atomic mass is 16.7. The molecular formula is C8H15BO2. The van der Waals surface area contributed by atoms with Crippen molar-refractivity contribution < 1.29 is 9.47 Å². The molecule has 1 fully saturated rings. The quantitative estimate of drug-likeness (QED) is 0.451. The molecule has 11 heavy (non-hydrogen) atoms. The fraction of sp³-hybridized carbons (Fsp3) is 1.00. The van der Waals surface area contributed by atoms with Crippen molar-refractivity contribution >= 4 is 7.85 Å². The van der Waals surface area contributed by atoms with Gasteiger partial charge < -0.3 is 9.47 Å². The van der Waals surface area contributed by atoms with Crippen LogP contribution in [0.4, 0.5) is 0 Å². The van der Waals surface area contributed by atoms with Crippen LogP contribution >= 0.6 is 0 Å². The van der Waals surface area contributed by atoms with Crippen molar-refractivity contribution in [1.29, 1.82) is 0 Å². The fourth-order valence-electron chi connectivity index (χ4n) is 1.14. The number of ether oxygens (including phenoxy) is 2. The fourth-order valence-corrected chi connectivity index (χ4v) is 1.14. The normalized spacial score (nSPS) is 25.3. The Labute approximate surface area is 69.7 Å². The van der Waals surface area contributed by atoms with Gasteiger partial charge in [-0.3, -0.25) is 0 Å². The Kier molecular flexibility index (Phi) is 4.63. The topological polar surface area (TPSA) is 18.5 Å². The molecule has 0 amide bonds. The first-order valence-corrected chi connectivity index (χ1v) is 4.37. The van der Waals surface area contributed by atoms with Gasteiger partial charge in [0.25, 0.3) is 0 Å². The van der Waals surface area contributed by atoms with Crippen LogP contribution in [0.1, 0.15) is 25.7 Å². The summed E-state index contributed by atoms with van der Waals surface area (Å²) in [5.41, 5.74) is 0. The van der Waals surface area contributed by atoms with Crippen molar-refractivity contribution in [2.24, 2.45) is 0 Å². The van der Waals surface area contributed by atoms with E-state index in [0.717, 1.165) is 26.1 Å². The van der Waals surface area contributed by atoms with E-state index in [-0.39, 0.29) is 6.29 Å². The zero-order valence-corrected chi connectivity index (χ0v) is 6.92. The van der Waals surface area contributed by atoms with Gasteiger partial charge in [0.05, 0.1) is 7.85 Å². The van der Waals surface area contributed by atoms with E-state index < -0.39 is 0 Å². The van der Waals surface area contributed by atoms with Crippen molar-refractivity contribution in [3.8, 4) is 0 Å². The highest BCUT2D eigenvalue weighted by Gasteiger charge is 2.12. The van der Waals surface area contributed by atoms with Crippen molar-refractivity contribution in [2.45, 2.75) is 38.3 Å². The average molecular weight is 154 g/mol. The third kappa shape index (κ3) is 3.78. The summed E-state index contributed by atoms with van der Waals surface area (Å²) in [6.45, 7) is 1.59. The second-order valence-electron chi connectivity index (χ2n) is 2.81. The summed E-state index contributed by atoms with van der Waals surface area (Å²) >= 11 is 0. The summed E-state index contributed by atoms with van der Waals surface area (Å²) < 4.78 is 10.8. The van der Waals surface area contributed by atoms with Crippen molar-refractivity contribution in [1.82, 2.24) is 0 Å². The molecule has 1 aliphatic heterocycles. The van der Waals surface area contributed by atoms with Crippen molar-refractivity contribution in [2.75, 3.05) is 13.2 Å². The second-order valence-corrected chi connectivity index (χ2v) is 2.81. The Hall–Kier alpha value is -0.0151. The lowest BCUT2D eigenvalue weighted by molar-refractivity contribution is -0.162. The first-order valence-electron chi connectivity index (χ1n) is 4.37. The van der Waals surface area contributed by atoms with Gasteiger partial charge in [-0.1, -0.05) is 6.32 Å². The molecule has 2 nitrogen and oxygen atoms in total. The average Bonchev–Trinajstić information content (AvgIpc) is 2.07. The molecule has 0 N–H and O–H groups in total. The molecule has 0 aromatic carbocycles. The van der Waals surface area contributed by atoms with Crippen LogP contribution in [-0.2, 0) is 9.47 Å². The molecule has 0 aromatic rings. The highest BCUT2D eigenvalue weighted by molar-refractivity contribution is 6.08. The minimum atomic E-state index is 0.0512. The van der Waals surface area contributed by atoms with E-state index in [1.165, 1.54) is 12.8 Å². The molecule has 2 radical (unpaired) electrons. The molecule has 0 bridgehead atoms. The zero-order chi connectivity index (χ0) is 7.94. The number of hydrogen-bond acceptors (Lipinski definition) is 2. The van der Waals surface area contributed by atoms with Gasteiger partial charge in [0, 0.05) is 13.2 Å². The van der Waals surface area contributed by atoms with Crippen LogP contribution in [-0.4, -0.2) is 27.4 Å². The summed E-state index contributed by atoms with van der Waals surface area (Å²) in [5, 5.41) is 0. The Morgan fingerprint density at radius 3 is 3.00 bits per heavy atom. The SMILES string of the molecule is [B]CCCOC1CCCCO1. The van der Waals surface area contributed by atoms with E-state index in [1.807, 2.05) is 0 Å². The van der Waals surface area contributed by atoms with Gasteiger partial charge in [0.1, 0.15) is 0 Å². The molecule has 1 unspecified atom stereocenters. The first kappa shape index (κ1) is 9.08. The molecule has 1 atom stereocenters. The smallest absolute Gasteiger partial charge is 0.157 e. The maximum absolute atomic E-state index is 5.42. The largest absolute Gasteiger partial charge is 0.353 e. The van der Waals surface area contributed by atoms with Gasteiger partial charge in [-0.15, -0.1) is 0 Å². The molecular weight excluding hydrogens is 139 g/mol. The molecule has 0 aromatic heterocycles. The minimum absolute atomic E-state index is 0.0512. The standard InChI is InChI=1S/C8H15BO2/c9-5-3-7-11-8-4-1-2-6-10-8/h8H,1-7H2. The van der Waals surface area contributed by atoms with Crippen LogP contribution in [0.25, 0.3) is 0 Å². The maximum Gasteiger partial charge on any atom is 0.157 e. The summed E-state index contributed by atoms with van der Waals surface area (Å²) in [6.07, 6.45) is 5.14. The molecule has 1 heterocycles. The van der Waals surface area contributed by atoms with Gasteiger partial charge in [0.15, 0.2) is 6.29 Å². The van der Waals surface area contributed by atoms with Gasteiger partial charge in [-0.2, -0.15) is 0 Å². The van der Waals surface area contributed by atoms with E-state index in [0.29, 0.717) is 6.32 Å².